The van der Waals surface area contributed by atoms with Crippen molar-refractivity contribution in [3.05, 3.63) is 65.5 Å². The Kier molecular flexibility index (Phi) is 5.68. The van der Waals surface area contributed by atoms with Crippen LogP contribution in [0, 0.1) is 6.92 Å². The van der Waals surface area contributed by atoms with E-state index in [0.717, 1.165) is 17.9 Å². The predicted molar refractivity (Wildman–Crippen MR) is 101 cm³/mol. The van der Waals surface area contributed by atoms with Crippen LogP contribution in [0.3, 0.4) is 0 Å². The van der Waals surface area contributed by atoms with Crippen molar-refractivity contribution < 1.29 is 14.1 Å². The van der Waals surface area contributed by atoms with E-state index in [1.54, 1.807) is 0 Å². The average Bonchev–Trinajstić information content (AvgIpc) is 3.13. The van der Waals surface area contributed by atoms with Crippen LogP contribution in [0.15, 0.2) is 52.9 Å². The van der Waals surface area contributed by atoms with E-state index in [4.69, 9.17) is 9.15 Å². The Morgan fingerprint density at radius 3 is 2.38 bits per heavy atom. The van der Waals surface area contributed by atoms with E-state index >= 15 is 0 Å². The van der Waals surface area contributed by atoms with Gasteiger partial charge in [-0.25, -0.2) is 0 Å². The van der Waals surface area contributed by atoms with Crippen LogP contribution < -0.4 is 9.64 Å². The van der Waals surface area contributed by atoms with Crippen LogP contribution in [0.1, 0.15) is 36.9 Å². The molecule has 0 amide bonds. The van der Waals surface area contributed by atoms with E-state index in [1.165, 1.54) is 16.0 Å². The predicted octanol–water partition coefficient (Wildman–Crippen LogP) is 3.22. The first-order valence-electron chi connectivity index (χ1n) is 9.01. The molecule has 1 aromatic heterocycles. The number of nitrogens with one attached hydrogen (secondary N) is 1. The maximum Gasteiger partial charge on any atom is 0.274 e. The SMILES string of the molecule is CCOc1ccc(C[NH+](C)[C@H](C)c2nnc(-c3ccc(C)cc3)o2)cc1. The Balaban J connectivity index is 1.66. The van der Waals surface area contributed by atoms with Gasteiger partial charge in [-0.15, -0.1) is 10.2 Å². The molecule has 3 rings (SSSR count). The molecule has 2 atom stereocenters. The van der Waals surface area contributed by atoms with Crippen LogP contribution in [0.4, 0.5) is 0 Å². The molecule has 5 heteroatoms. The fraction of sp³-hybridized carbons (Fsp3) is 0.333. The number of benzene rings is 2. The van der Waals surface area contributed by atoms with Crippen molar-refractivity contribution in [3.8, 4) is 17.2 Å². The van der Waals surface area contributed by atoms with Crippen molar-refractivity contribution in [3.63, 3.8) is 0 Å². The lowest BCUT2D eigenvalue weighted by Gasteiger charge is -2.19. The van der Waals surface area contributed by atoms with E-state index in [0.29, 0.717) is 18.4 Å². The van der Waals surface area contributed by atoms with Gasteiger partial charge in [-0.05, 0) is 57.2 Å². The third-order valence-electron chi connectivity index (χ3n) is 4.57. The highest BCUT2D eigenvalue weighted by Gasteiger charge is 2.22. The summed E-state index contributed by atoms with van der Waals surface area (Å²) < 4.78 is 11.4. The molecule has 0 aliphatic carbocycles. The second kappa shape index (κ2) is 8.15. The first-order chi connectivity index (χ1) is 12.6. The molecule has 0 saturated heterocycles. The Labute approximate surface area is 154 Å². The van der Waals surface area contributed by atoms with Crippen LogP contribution in [-0.2, 0) is 6.54 Å². The number of ether oxygens (including phenoxy) is 1. The Morgan fingerprint density at radius 1 is 1.04 bits per heavy atom. The van der Waals surface area contributed by atoms with Crippen molar-refractivity contribution in [2.24, 2.45) is 0 Å². The van der Waals surface area contributed by atoms with E-state index in [-0.39, 0.29) is 6.04 Å². The summed E-state index contributed by atoms with van der Waals surface area (Å²) in [5.74, 6) is 2.13. The van der Waals surface area contributed by atoms with Gasteiger partial charge >= 0.3 is 0 Å². The summed E-state index contributed by atoms with van der Waals surface area (Å²) in [5.41, 5.74) is 3.41. The normalized spacial score (nSPS) is 13.4. The van der Waals surface area contributed by atoms with Crippen LogP contribution >= 0.6 is 0 Å². The highest BCUT2D eigenvalue weighted by atomic mass is 16.5. The number of hydrogen-bond donors (Lipinski definition) is 1. The molecule has 1 heterocycles. The van der Waals surface area contributed by atoms with Gasteiger partial charge in [-0.3, -0.25) is 0 Å². The van der Waals surface area contributed by atoms with Gasteiger partial charge in [0.25, 0.3) is 5.89 Å². The van der Waals surface area contributed by atoms with Crippen molar-refractivity contribution >= 4 is 0 Å². The second-order valence-corrected chi connectivity index (χ2v) is 6.63. The molecule has 26 heavy (non-hydrogen) atoms. The van der Waals surface area contributed by atoms with Crippen molar-refractivity contribution in [1.29, 1.82) is 0 Å². The lowest BCUT2D eigenvalue weighted by Crippen LogP contribution is -3.07. The van der Waals surface area contributed by atoms with Gasteiger partial charge in [-0.2, -0.15) is 0 Å². The quantitative estimate of drug-likeness (QED) is 0.709. The van der Waals surface area contributed by atoms with E-state index in [9.17, 15) is 0 Å². The fourth-order valence-corrected chi connectivity index (χ4v) is 2.78. The maximum atomic E-state index is 5.92. The van der Waals surface area contributed by atoms with Crippen LogP contribution in [0.2, 0.25) is 0 Å². The zero-order valence-corrected chi connectivity index (χ0v) is 15.8. The van der Waals surface area contributed by atoms with E-state index in [1.807, 2.05) is 43.3 Å². The molecule has 0 aliphatic rings. The molecule has 5 nitrogen and oxygen atoms in total. The smallest absolute Gasteiger partial charge is 0.274 e. The van der Waals surface area contributed by atoms with Gasteiger partial charge in [0.2, 0.25) is 5.89 Å². The molecule has 0 fully saturated rings. The lowest BCUT2D eigenvalue weighted by atomic mass is 10.1. The molecule has 2 aromatic carbocycles. The topological polar surface area (TPSA) is 52.6 Å². The summed E-state index contributed by atoms with van der Waals surface area (Å²) in [6.45, 7) is 7.71. The first kappa shape index (κ1) is 18.1. The fourth-order valence-electron chi connectivity index (χ4n) is 2.78. The Hall–Kier alpha value is -2.66. The molecule has 0 aliphatic heterocycles. The third-order valence-corrected chi connectivity index (χ3v) is 4.57. The van der Waals surface area contributed by atoms with Gasteiger partial charge in [0.1, 0.15) is 12.3 Å². The largest absolute Gasteiger partial charge is 0.494 e. The molecule has 3 aromatic rings. The molecule has 136 valence electrons. The molecule has 1 N–H and O–H groups in total. The van der Waals surface area contributed by atoms with Gasteiger partial charge in [0.05, 0.1) is 13.7 Å². The number of aromatic nitrogens is 2. The summed E-state index contributed by atoms with van der Waals surface area (Å²) in [4.78, 5) is 1.29. The lowest BCUT2D eigenvalue weighted by molar-refractivity contribution is -0.925. The summed E-state index contributed by atoms with van der Waals surface area (Å²) >= 11 is 0. The zero-order valence-electron chi connectivity index (χ0n) is 15.8. The minimum Gasteiger partial charge on any atom is -0.494 e. The van der Waals surface area contributed by atoms with E-state index < -0.39 is 0 Å². The molecular weight excluding hydrogens is 326 g/mol. The summed E-state index contributed by atoms with van der Waals surface area (Å²) in [5, 5.41) is 8.47. The number of nitrogens with zero attached hydrogens (tertiary/aromatic N) is 2. The van der Waals surface area contributed by atoms with Crippen LogP contribution in [0.5, 0.6) is 5.75 Å². The summed E-state index contributed by atoms with van der Waals surface area (Å²) in [7, 11) is 2.14. The molecule has 0 bridgehead atoms. The molecular formula is C21H26N3O2+. The zero-order chi connectivity index (χ0) is 18.5. The van der Waals surface area contributed by atoms with Crippen molar-refractivity contribution in [2.75, 3.05) is 13.7 Å². The van der Waals surface area contributed by atoms with Gasteiger partial charge in [-0.1, -0.05) is 17.7 Å². The molecule has 0 radical (unpaired) electrons. The highest BCUT2D eigenvalue weighted by molar-refractivity contribution is 5.52. The Bertz CT molecular complexity index is 825. The van der Waals surface area contributed by atoms with Crippen LogP contribution in [-0.4, -0.2) is 23.9 Å². The summed E-state index contributed by atoms with van der Waals surface area (Å²) in [6, 6.07) is 16.4. The van der Waals surface area contributed by atoms with Crippen molar-refractivity contribution in [2.45, 2.75) is 33.4 Å². The monoisotopic (exact) mass is 352 g/mol. The van der Waals surface area contributed by atoms with E-state index in [2.05, 4.69) is 43.2 Å². The number of hydrogen-bond acceptors (Lipinski definition) is 4. The average molecular weight is 352 g/mol. The molecule has 0 spiro atoms. The number of quaternary nitrogens is 1. The molecule has 1 unspecified atom stereocenters. The van der Waals surface area contributed by atoms with Gasteiger partial charge in [0, 0.05) is 11.1 Å². The van der Waals surface area contributed by atoms with Crippen molar-refractivity contribution in [1.82, 2.24) is 10.2 Å². The standard InChI is InChI=1S/C21H25N3O2/c1-5-25-19-12-8-17(9-13-19)14-24(4)16(3)20-22-23-21(26-20)18-10-6-15(2)7-11-18/h6-13,16H,5,14H2,1-4H3/p+1/t16-/m1/s1. The van der Waals surface area contributed by atoms with Gasteiger partial charge < -0.3 is 14.1 Å². The molecule has 0 saturated carbocycles. The second-order valence-electron chi connectivity index (χ2n) is 6.63. The number of aryl methyl sites for hydroxylation is 1. The van der Waals surface area contributed by atoms with Gasteiger partial charge in [0.15, 0.2) is 6.04 Å². The first-order valence-corrected chi connectivity index (χ1v) is 9.01. The highest BCUT2D eigenvalue weighted by Crippen LogP contribution is 2.20. The minimum absolute atomic E-state index is 0.105. The third kappa shape index (κ3) is 4.29. The minimum atomic E-state index is 0.105. The van der Waals surface area contributed by atoms with Crippen LogP contribution in [0.25, 0.3) is 11.5 Å². The summed E-state index contributed by atoms with van der Waals surface area (Å²) in [6.07, 6.45) is 0. The number of rotatable bonds is 7. The Morgan fingerprint density at radius 2 is 1.73 bits per heavy atom. The maximum absolute atomic E-state index is 5.92.